The molecule has 3 heterocycles. The highest BCUT2D eigenvalue weighted by Crippen LogP contribution is 2.64. The Morgan fingerprint density at radius 2 is 1.07 bits per heavy atom. The van der Waals surface area contributed by atoms with E-state index in [-0.39, 0.29) is 11.7 Å². The molecule has 0 aliphatic carbocycles. The quantitative estimate of drug-likeness (QED) is 0.351. The molecule has 3 aliphatic heterocycles. The highest BCUT2D eigenvalue weighted by Gasteiger charge is 2.44. The molecule has 0 radical (unpaired) electrons. The monoisotopic (exact) mass is 377 g/mol. The maximum atomic E-state index is 9.78. The Morgan fingerprint density at radius 3 is 1.62 bits per heavy atom. The van der Waals surface area contributed by atoms with Crippen molar-refractivity contribution in [3.63, 3.8) is 0 Å². The lowest BCUT2D eigenvalue weighted by molar-refractivity contribution is 0.409. The van der Waals surface area contributed by atoms with Gasteiger partial charge in [-0.2, -0.15) is 0 Å². The summed E-state index contributed by atoms with van der Waals surface area (Å²) in [6, 6.07) is 25.7. The number of phenols is 1. The van der Waals surface area contributed by atoms with Crippen molar-refractivity contribution >= 4 is 17.1 Å². The van der Waals surface area contributed by atoms with E-state index in [0.717, 1.165) is 56.8 Å². The minimum absolute atomic E-state index is 0.0782. The predicted octanol–water partition coefficient (Wildman–Crippen LogP) is 6.57. The third-order valence-electron chi connectivity index (χ3n) is 6.01. The number of ether oxygens (including phenoxy) is 2. The molecule has 0 saturated heterocycles. The van der Waals surface area contributed by atoms with E-state index in [1.54, 1.807) is 12.1 Å². The summed E-state index contributed by atoms with van der Waals surface area (Å²) in [4.78, 5) is 2.22. The summed E-state index contributed by atoms with van der Waals surface area (Å²) < 4.78 is 12.6. The first-order valence-corrected chi connectivity index (χ1v) is 9.63. The van der Waals surface area contributed by atoms with E-state index in [0.29, 0.717) is 0 Å². The average molecular weight is 377 g/mol. The number of nitrogens with zero attached hydrogens (tertiary/aromatic N) is 1. The molecule has 29 heavy (non-hydrogen) atoms. The van der Waals surface area contributed by atoms with Crippen molar-refractivity contribution in [2.75, 3.05) is 4.90 Å². The fourth-order valence-electron chi connectivity index (χ4n) is 4.88. The molecule has 4 aromatic carbocycles. The lowest BCUT2D eigenvalue weighted by Crippen LogP contribution is -2.27. The van der Waals surface area contributed by atoms with E-state index in [1.165, 1.54) is 0 Å². The molecule has 138 valence electrons. The van der Waals surface area contributed by atoms with E-state index in [1.807, 2.05) is 54.6 Å². The lowest BCUT2D eigenvalue weighted by atomic mass is 9.76. The maximum absolute atomic E-state index is 9.78. The van der Waals surface area contributed by atoms with Crippen LogP contribution in [-0.4, -0.2) is 5.11 Å². The van der Waals surface area contributed by atoms with E-state index >= 15 is 0 Å². The van der Waals surface area contributed by atoms with Gasteiger partial charge < -0.3 is 19.5 Å². The highest BCUT2D eigenvalue weighted by molar-refractivity contribution is 5.91. The molecule has 3 aliphatic rings. The Hall–Kier alpha value is -3.92. The van der Waals surface area contributed by atoms with Crippen LogP contribution in [0.1, 0.15) is 22.6 Å². The normalized spacial score (nSPS) is 14.7. The molecular weight excluding hydrogens is 362 g/mol. The van der Waals surface area contributed by atoms with Crippen molar-refractivity contribution in [3.8, 4) is 28.7 Å². The van der Waals surface area contributed by atoms with Gasteiger partial charge in [-0.3, -0.25) is 0 Å². The summed E-state index contributed by atoms with van der Waals surface area (Å²) in [5.41, 5.74) is 6.56. The average Bonchev–Trinajstić information content (AvgIpc) is 2.75. The molecule has 0 atom stereocenters. The molecule has 0 aromatic heterocycles. The Labute approximate surface area is 167 Å². The summed E-state index contributed by atoms with van der Waals surface area (Å²) in [5, 5.41) is 9.78. The van der Waals surface area contributed by atoms with Gasteiger partial charge in [-0.05, 0) is 60.7 Å². The fourth-order valence-corrected chi connectivity index (χ4v) is 4.88. The summed E-state index contributed by atoms with van der Waals surface area (Å²) >= 11 is 0. The van der Waals surface area contributed by atoms with Crippen LogP contribution in [0.5, 0.6) is 28.7 Å². The van der Waals surface area contributed by atoms with Crippen LogP contribution in [0.25, 0.3) is 0 Å². The summed E-state index contributed by atoms with van der Waals surface area (Å²) in [5.74, 6) is 3.80. The van der Waals surface area contributed by atoms with Gasteiger partial charge in [0.25, 0.3) is 0 Å². The molecule has 0 fully saturated rings. The summed E-state index contributed by atoms with van der Waals surface area (Å²) in [7, 11) is 0. The van der Waals surface area contributed by atoms with Gasteiger partial charge in [-0.25, -0.2) is 0 Å². The number of rotatable bonds is 1. The van der Waals surface area contributed by atoms with Crippen LogP contribution in [0.4, 0.5) is 17.1 Å². The molecule has 4 nitrogen and oxygen atoms in total. The SMILES string of the molecule is Oc1ccc(N2c3cccc4c3C3c5c(cccc5Oc5cccc2c53)O4)cc1. The van der Waals surface area contributed by atoms with Gasteiger partial charge >= 0.3 is 0 Å². The molecule has 4 aromatic rings. The molecule has 4 heteroatoms. The molecule has 0 spiro atoms. The second kappa shape index (κ2) is 5.11. The van der Waals surface area contributed by atoms with Crippen LogP contribution in [0.2, 0.25) is 0 Å². The van der Waals surface area contributed by atoms with Crippen LogP contribution in [-0.2, 0) is 0 Å². The Morgan fingerprint density at radius 1 is 0.586 bits per heavy atom. The largest absolute Gasteiger partial charge is 0.508 e. The summed E-state index contributed by atoms with van der Waals surface area (Å²) in [6.45, 7) is 0. The van der Waals surface area contributed by atoms with Gasteiger partial charge in [0, 0.05) is 22.4 Å². The fraction of sp³-hybridized carbons (Fsp3) is 0.0400. The zero-order valence-corrected chi connectivity index (χ0v) is 15.3. The van der Waals surface area contributed by atoms with Crippen molar-refractivity contribution in [2.45, 2.75) is 5.92 Å². The number of anilines is 3. The zero-order valence-electron chi connectivity index (χ0n) is 15.3. The molecule has 0 bridgehead atoms. The lowest BCUT2D eigenvalue weighted by Gasteiger charge is -2.43. The van der Waals surface area contributed by atoms with E-state index < -0.39 is 0 Å². The Balaban J connectivity index is 1.60. The third-order valence-corrected chi connectivity index (χ3v) is 6.01. The highest BCUT2D eigenvalue weighted by atomic mass is 16.5. The van der Waals surface area contributed by atoms with Crippen molar-refractivity contribution in [1.82, 2.24) is 0 Å². The van der Waals surface area contributed by atoms with E-state index in [9.17, 15) is 5.11 Å². The second-order valence-corrected chi connectivity index (χ2v) is 7.53. The van der Waals surface area contributed by atoms with Gasteiger partial charge in [0.15, 0.2) is 0 Å². The molecule has 0 unspecified atom stereocenters. The van der Waals surface area contributed by atoms with Crippen LogP contribution >= 0.6 is 0 Å². The standard InChI is InChI=1S/C25H15NO3/c27-15-12-10-14(11-13-15)26-16-4-1-6-18-22(16)25-23-17(26)5-2-7-19(23)29-21-9-3-8-20(28-18)24(21)25/h1-13,25,27H. The van der Waals surface area contributed by atoms with Crippen LogP contribution < -0.4 is 14.4 Å². The number of hydrogen-bond donors (Lipinski definition) is 1. The minimum Gasteiger partial charge on any atom is -0.508 e. The van der Waals surface area contributed by atoms with E-state index in [4.69, 9.17) is 9.47 Å². The molecule has 7 rings (SSSR count). The van der Waals surface area contributed by atoms with Gasteiger partial charge in [0.1, 0.15) is 28.7 Å². The Bertz CT molecular complexity index is 1250. The first kappa shape index (κ1) is 15.1. The second-order valence-electron chi connectivity index (χ2n) is 7.53. The number of benzene rings is 4. The third kappa shape index (κ3) is 1.83. The van der Waals surface area contributed by atoms with E-state index in [2.05, 4.69) is 17.0 Å². The van der Waals surface area contributed by atoms with Gasteiger partial charge in [0.05, 0.1) is 17.3 Å². The van der Waals surface area contributed by atoms with Crippen LogP contribution in [0, 0.1) is 0 Å². The molecule has 0 saturated carbocycles. The number of aromatic hydroxyl groups is 1. The number of phenolic OH excluding ortho intramolecular Hbond substituents is 1. The maximum Gasteiger partial charge on any atom is 0.135 e. The molecule has 1 N–H and O–H groups in total. The van der Waals surface area contributed by atoms with Crippen LogP contribution in [0.15, 0.2) is 78.9 Å². The Kier molecular flexibility index (Phi) is 2.66. The zero-order chi connectivity index (χ0) is 19.1. The van der Waals surface area contributed by atoms with Crippen molar-refractivity contribution in [1.29, 1.82) is 0 Å². The first-order chi connectivity index (χ1) is 14.3. The van der Waals surface area contributed by atoms with Gasteiger partial charge in [-0.15, -0.1) is 0 Å². The first-order valence-electron chi connectivity index (χ1n) is 9.63. The minimum atomic E-state index is 0.0782. The predicted molar refractivity (Wildman–Crippen MR) is 110 cm³/mol. The van der Waals surface area contributed by atoms with Crippen molar-refractivity contribution in [2.24, 2.45) is 0 Å². The van der Waals surface area contributed by atoms with Crippen molar-refractivity contribution in [3.05, 3.63) is 95.6 Å². The van der Waals surface area contributed by atoms with Crippen LogP contribution in [0.3, 0.4) is 0 Å². The smallest absolute Gasteiger partial charge is 0.135 e. The number of hydrogen-bond acceptors (Lipinski definition) is 4. The molecule has 0 amide bonds. The topological polar surface area (TPSA) is 41.9 Å². The van der Waals surface area contributed by atoms with Crippen molar-refractivity contribution < 1.29 is 14.6 Å². The molecular formula is C25H15NO3. The van der Waals surface area contributed by atoms with Gasteiger partial charge in [-0.1, -0.05) is 18.2 Å². The summed E-state index contributed by atoms with van der Waals surface area (Å²) in [6.07, 6.45) is 0. The van der Waals surface area contributed by atoms with Gasteiger partial charge in [0.2, 0.25) is 0 Å².